The Morgan fingerprint density at radius 2 is 1.55 bits per heavy atom. The van der Waals surface area contributed by atoms with Crippen LogP contribution in [-0.2, 0) is 11.3 Å². The first-order valence-electron chi connectivity index (χ1n) is 11.2. The molecule has 0 N–H and O–H groups in total. The van der Waals surface area contributed by atoms with Crippen LogP contribution in [0.25, 0.3) is 10.9 Å². The lowest BCUT2D eigenvalue weighted by molar-refractivity contribution is -0.128. The Hall–Kier alpha value is -3.25. The van der Waals surface area contributed by atoms with Gasteiger partial charge in [0.25, 0.3) is 0 Å². The molecule has 0 spiro atoms. The van der Waals surface area contributed by atoms with Gasteiger partial charge in [0.15, 0.2) is 0 Å². The summed E-state index contributed by atoms with van der Waals surface area (Å²) in [6, 6.07) is 25.2. The molecule has 2 heterocycles. The van der Waals surface area contributed by atoms with Crippen LogP contribution in [0.15, 0.2) is 90.0 Å². The SMILES string of the molecule is O=C(CSc1cn(Cc2ccc(F)cc2)c2ccccc12)N1CCN(c2ccccc2)CC1. The van der Waals surface area contributed by atoms with Crippen molar-refractivity contribution in [2.75, 3.05) is 36.8 Å². The molecule has 0 atom stereocenters. The summed E-state index contributed by atoms with van der Waals surface area (Å²) >= 11 is 1.60. The molecule has 33 heavy (non-hydrogen) atoms. The molecule has 168 valence electrons. The van der Waals surface area contributed by atoms with Crippen molar-refractivity contribution in [1.82, 2.24) is 9.47 Å². The maximum Gasteiger partial charge on any atom is 0.233 e. The van der Waals surface area contributed by atoms with Crippen LogP contribution in [0, 0.1) is 5.82 Å². The number of piperazine rings is 1. The predicted octanol–water partition coefficient (Wildman–Crippen LogP) is 5.27. The number of hydrogen-bond donors (Lipinski definition) is 0. The van der Waals surface area contributed by atoms with Gasteiger partial charge in [0, 0.05) is 60.4 Å². The lowest BCUT2D eigenvalue weighted by Crippen LogP contribution is -2.49. The minimum absolute atomic E-state index is 0.183. The van der Waals surface area contributed by atoms with Gasteiger partial charge in [-0.15, -0.1) is 11.8 Å². The molecule has 1 aliphatic heterocycles. The number of carbonyl (C=O) groups excluding carboxylic acids is 1. The van der Waals surface area contributed by atoms with E-state index < -0.39 is 0 Å². The van der Waals surface area contributed by atoms with E-state index in [0.717, 1.165) is 47.5 Å². The lowest BCUT2D eigenvalue weighted by Gasteiger charge is -2.36. The number of aromatic nitrogens is 1. The number of halogens is 1. The summed E-state index contributed by atoms with van der Waals surface area (Å²) in [5.41, 5.74) is 3.38. The molecular formula is C27H26FN3OS. The summed E-state index contributed by atoms with van der Waals surface area (Å²) in [5, 5.41) is 1.14. The Labute approximate surface area is 197 Å². The molecule has 0 unspecified atom stereocenters. The Morgan fingerprint density at radius 1 is 0.848 bits per heavy atom. The second-order valence-electron chi connectivity index (χ2n) is 8.26. The summed E-state index contributed by atoms with van der Waals surface area (Å²) < 4.78 is 15.4. The first kappa shape index (κ1) is 21.6. The molecular weight excluding hydrogens is 433 g/mol. The second-order valence-corrected chi connectivity index (χ2v) is 9.27. The van der Waals surface area contributed by atoms with Gasteiger partial charge in [0.2, 0.25) is 5.91 Å². The summed E-state index contributed by atoms with van der Waals surface area (Å²) in [6.07, 6.45) is 2.11. The Bertz CT molecular complexity index is 1230. The molecule has 4 nitrogen and oxygen atoms in total. The van der Waals surface area contributed by atoms with Crippen LogP contribution in [0.2, 0.25) is 0 Å². The molecule has 0 saturated carbocycles. The number of thioether (sulfide) groups is 1. The number of benzene rings is 3. The zero-order valence-electron chi connectivity index (χ0n) is 18.4. The van der Waals surface area contributed by atoms with Gasteiger partial charge in [0.1, 0.15) is 5.82 Å². The number of carbonyl (C=O) groups is 1. The van der Waals surface area contributed by atoms with Gasteiger partial charge in [-0.05, 0) is 35.9 Å². The first-order valence-corrected chi connectivity index (χ1v) is 12.2. The van der Waals surface area contributed by atoms with Crippen LogP contribution in [-0.4, -0.2) is 47.3 Å². The van der Waals surface area contributed by atoms with Crippen LogP contribution in [0.1, 0.15) is 5.56 Å². The quantitative estimate of drug-likeness (QED) is 0.368. The molecule has 1 amide bonds. The minimum atomic E-state index is -0.226. The first-order chi connectivity index (χ1) is 16.2. The monoisotopic (exact) mass is 459 g/mol. The minimum Gasteiger partial charge on any atom is -0.368 e. The van der Waals surface area contributed by atoms with Gasteiger partial charge in [0.05, 0.1) is 5.75 Å². The molecule has 1 saturated heterocycles. The third-order valence-electron chi connectivity index (χ3n) is 6.12. The lowest BCUT2D eigenvalue weighted by atomic mass is 10.2. The van der Waals surface area contributed by atoms with E-state index in [1.54, 1.807) is 11.8 Å². The number of anilines is 1. The number of para-hydroxylation sites is 2. The standard InChI is InChI=1S/C27H26FN3OS/c28-22-12-10-21(11-13-22)18-31-19-26(24-8-4-5-9-25(24)31)33-20-27(32)30-16-14-29(15-17-30)23-6-2-1-3-7-23/h1-13,19H,14-18,20H2. The average molecular weight is 460 g/mol. The normalized spacial score (nSPS) is 14.1. The molecule has 5 rings (SSSR count). The van der Waals surface area contributed by atoms with Gasteiger partial charge < -0.3 is 14.4 Å². The summed E-state index contributed by atoms with van der Waals surface area (Å²) in [4.78, 5) is 18.3. The maximum absolute atomic E-state index is 13.3. The third kappa shape index (κ3) is 4.91. The summed E-state index contributed by atoms with van der Waals surface area (Å²) in [6.45, 7) is 3.88. The molecule has 1 fully saturated rings. The van der Waals surface area contributed by atoms with Crippen LogP contribution in [0.4, 0.5) is 10.1 Å². The van der Waals surface area contributed by atoms with E-state index in [-0.39, 0.29) is 11.7 Å². The van der Waals surface area contributed by atoms with E-state index in [0.29, 0.717) is 12.3 Å². The highest BCUT2D eigenvalue weighted by atomic mass is 32.2. The molecule has 0 radical (unpaired) electrons. The van der Waals surface area contributed by atoms with Crippen molar-refractivity contribution in [3.63, 3.8) is 0 Å². The fraction of sp³-hybridized carbons (Fsp3) is 0.222. The van der Waals surface area contributed by atoms with E-state index in [1.807, 2.05) is 35.2 Å². The van der Waals surface area contributed by atoms with Gasteiger partial charge in [-0.2, -0.15) is 0 Å². The zero-order valence-corrected chi connectivity index (χ0v) is 19.2. The van der Waals surface area contributed by atoms with Crippen LogP contribution in [0.3, 0.4) is 0 Å². The van der Waals surface area contributed by atoms with Crippen molar-refractivity contribution in [2.24, 2.45) is 0 Å². The van der Waals surface area contributed by atoms with E-state index in [2.05, 4.69) is 52.1 Å². The molecule has 1 aromatic heterocycles. The fourth-order valence-corrected chi connectivity index (χ4v) is 5.32. The third-order valence-corrected chi connectivity index (χ3v) is 7.15. The highest BCUT2D eigenvalue weighted by Crippen LogP contribution is 2.31. The van der Waals surface area contributed by atoms with Crippen molar-refractivity contribution < 1.29 is 9.18 Å². The molecule has 3 aromatic carbocycles. The van der Waals surface area contributed by atoms with E-state index in [1.165, 1.54) is 17.8 Å². The van der Waals surface area contributed by atoms with Gasteiger partial charge in [-0.1, -0.05) is 48.5 Å². The average Bonchev–Trinajstić information content (AvgIpc) is 3.22. The number of fused-ring (bicyclic) bond motifs is 1. The maximum atomic E-state index is 13.3. The molecule has 6 heteroatoms. The van der Waals surface area contributed by atoms with Crippen molar-refractivity contribution in [2.45, 2.75) is 11.4 Å². The Kier molecular flexibility index (Phi) is 6.35. The highest BCUT2D eigenvalue weighted by molar-refractivity contribution is 8.00. The summed E-state index contributed by atoms with van der Waals surface area (Å²) in [5.74, 6) is 0.383. The van der Waals surface area contributed by atoms with Gasteiger partial charge >= 0.3 is 0 Å². The number of rotatable bonds is 6. The second kappa shape index (κ2) is 9.71. The van der Waals surface area contributed by atoms with Crippen LogP contribution in [0.5, 0.6) is 0 Å². The van der Waals surface area contributed by atoms with Gasteiger partial charge in [-0.25, -0.2) is 4.39 Å². The molecule has 0 aliphatic carbocycles. The predicted molar refractivity (Wildman–Crippen MR) is 133 cm³/mol. The molecule has 0 bridgehead atoms. The van der Waals surface area contributed by atoms with Crippen LogP contribution < -0.4 is 4.90 Å². The highest BCUT2D eigenvalue weighted by Gasteiger charge is 2.21. The van der Waals surface area contributed by atoms with Crippen molar-refractivity contribution in [3.8, 4) is 0 Å². The van der Waals surface area contributed by atoms with E-state index in [4.69, 9.17) is 0 Å². The van der Waals surface area contributed by atoms with E-state index in [9.17, 15) is 9.18 Å². The number of amides is 1. The van der Waals surface area contributed by atoms with Crippen molar-refractivity contribution in [3.05, 3.63) is 96.4 Å². The topological polar surface area (TPSA) is 28.5 Å². The Balaban J connectivity index is 1.23. The smallest absolute Gasteiger partial charge is 0.233 e. The summed E-state index contributed by atoms with van der Waals surface area (Å²) in [7, 11) is 0. The fourth-order valence-electron chi connectivity index (χ4n) is 4.33. The molecule has 4 aromatic rings. The van der Waals surface area contributed by atoms with Crippen LogP contribution >= 0.6 is 11.8 Å². The van der Waals surface area contributed by atoms with E-state index >= 15 is 0 Å². The molecule has 1 aliphatic rings. The number of nitrogens with zero attached hydrogens (tertiary/aromatic N) is 3. The van der Waals surface area contributed by atoms with Gasteiger partial charge in [-0.3, -0.25) is 4.79 Å². The zero-order chi connectivity index (χ0) is 22.6. The van der Waals surface area contributed by atoms with Crippen molar-refractivity contribution in [1.29, 1.82) is 0 Å². The number of hydrogen-bond acceptors (Lipinski definition) is 3. The Morgan fingerprint density at radius 3 is 2.30 bits per heavy atom. The van der Waals surface area contributed by atoms with Crippen molar-refractivity contribution >= 4 is 34.3 Å². The largest absolute Gasteiger partial charge is 0.368 e.